The fourth-order valence-electron chi connectivity index (χ4n) is 7.06. The van der Waals surface area contributed by atoms with Crippen molar-refractivity contribution in [3.63, 3.8) is 0 Å². The predicted octanol–water partition coefficient (Wildman–Crippen LogP) is 4.91. The van der Waals surface area contributed by atoms with E-state index in [2.05, 4.69) is 139 Å². The summed E-state index contributed by atoms with van der Waals surface area (Å²) in [5.41, 5.74) is -0.540. The molecule has 0 amide bonds. The Kier molecular flexibility index (Phi) is 11.1. The van der Waals surface area contributed by atoms with Crippen molar-refractivity contribution in [2.24, 2.45) is 22.7 Å². The highest BCUT2D eigenvalue weighted by Crippen LogP contribution is 2.51. The van der Waals surface area contributed by atoms with Gasteiger partial charge in [-0.2, -0.15) is 8.42 Å². The first-order valence-electron chi connectivity index (χ1n) is 16.6. The summed E-state index contributed by atoms with van der Waals surface area (Å²) in [6.07, 6.45) is 0.797. The number of rotatable bonds is 12. The molecule has 4 aromatic rings. The molecule has 1 aliphatic carbocycles. The highest BCUT2D eigenvalue weighted by atomic mass is 32.2. The molecule has 47 heavy (non-hydrogen) atoms. The molecule has 5 nitrogen and oxygen atoms in total. The van der Waals surface area contributed by atoms with Gasteiger partial charge >= 0.3 is 0 Å². The lowest BCUT2D eigenvalue weighted by Crippen LogP contribution is -2.64. The summed E-state index contributed by atoms with van der Waals surface area (Å²) in [5, 5.41) is 4.82. The zero-order valence-electron chi connectivity index (χ0n) is 28.7. The first kappa shape index (κ1) is 35.5. The Bertz CT molecular complexity index is 1580. The van der Waals surface area contributed by atoms with Gasteiger partial charge in [-0.1, -0.05) is 163 Å². The molecule has 0 bridgehead atoms. The van der Waals surface area contributed by atoms with Gasteiger partial charge in [0, 0.05) is 5.92 Å². The Morgan fingerprint density at radius 3 is 1.19 bits per heavy atom. The second kappa shape index (κ2) is 14.7. The third-order valence-corrected chi connectivity index (χ3v) is 14.8. The van der Waals surface area contributed by atoms with Crippen molar-refractivity contribution < 1.29 is 21.5 Å². The smallest absolute Gasteiger partial charge is 0.264 e. The van der Waals surface area contributed by atoms with Crippen LogP contribution in [-0.2, 0) is 23.2 Å². The summed E-state index contributed by atoms with van der Waals surface area (Å²) in [5.74, 6) is -0.174. The van der Waals surface area contributed by atoms with Crippen LogP contribution in [0, 0.1) is 22.7 Å². The molecule has 0 aromatic heterocycles. The molecular formula is C39H50O5SSi2. The molecule has 1 saturated carbocycles. The minimum absolute atomic E-state index is 0.0228. The minimum atomic E-state index is -3.70. The van der Waals surface area contributed by atoms with Gasteiger partial charge in [0.05, 0.1) is 24.6 Å². The Hall–Kier alpha value is -2.86. The van der Waals surface area contributed by atoms with E-state index in [1.165, 1.54) is 20.7 Å². The van der Waals surface area contributed by atoms with E-state index in [4.69, 9.17) is 13.0 Å². The van der Waals surface area contributed by atoms with Crippen LogP contribution in [0.2, 0.25) is 0 Å². The van der Waals surface area contributed by atoms with E-state index >= 15 is 0 Å². The number of benzene rings is 4. The Labute approximate surface area is 285 Å². The minimum Gasteiger partial charge on any atom is -0.407 e. The van der Waals surface area contributed by atoms with Crippen molar-refractivity contribution in [1.29, 1.82) is 0 Å². The maximum atomic E-state index is 12.7. The van der Waals surface area contributed by atoms with E-state index in [0.717, 1.165) is 6.26 Å². The fourth-order valence-corrected chi connectivity index (χ4v) is 13.2. The van der Waals surface area contributed by atoms with E-state index in [-0.39, 0.29) is 34.9 Å². The van der Waals surface area contributed by atoms with Crippen LogP contribution in [0.1, 0.15) is 48.0 Å². The van der Waals surface area contributed by atoms with Crippen LogP contribution in [0.3, 0.4) is 0 Å². The second-order valence-corrected chi connectivity index (χ2v) is 21.4. The van der Waals surface area contributed by atoms with Gasteiger partial charge in [-0.05, 0) is 43.9 Å². The van der Waals surface area contributed by atoms with Gasteiger partial charge in [0.1, 0.15) is 0 Å². The van der Waals surface area contributed by atoms with Gasteiger partial charge < -0.3 is 8.85 Å². The van der Waals surface area contributed by atoms with E-state index in [9.17, 15) is 8.42 Å². The molecule has 0 aliphatic heterocycles. The molecule has 0 N–H and O–H groups in total. The molecule has 1 fully saturated rings. The number of hydrogen-bond donors (Lipinski definition) is 0. The third kappa shape index (κ3) is 8.99. The van der Waals surface area contributed by atoms with Gasteiger partial charge in [0.25, 0.3) is 10.1 Å². The summed E-state index contributed by atoms with van der Waals surface area (Å²) in [4.78, 5) is 0. The Morgan fingerprint density at radius 1 is 0.574 bits per heavy atom. The van der Waals surface area contributed by atoms with Crippen LogP contribution in [0.4, 0.5) is 0 Å². The number of hydrogen-bond acceptors (Lipinski definition) is 5. The molecule has 1 aliphatic rings. The lowest BCUT2D eigenvalue weighted by atomic mass is 9.58. The Balaban J connectivity index is 1.58. The summed E-state index contributed by atoms with van der Waals surface area (Å²) in [7, 11) is -8.01. The predicted molar refractivity (Wildman–Crippen MR) is 199 cm³/mol. The Morgan fingerprint density at radius 2 is 0.894 bits per heavy atom. The molecular weight excluding hydrogens is 637 g/mol. The van der Waals surface area contributed by atoms with E-state index < -0.39 is 34.3 Å². The molecule has 8 heteroatoms. The van der Waals surface area contributed by atoms with Gasteiger partial charge in [0.2, 0.25) is 18.1 Å². The van der Waals surface area contributed by atoms with Gasteiger partial charge in [-0.25, -0.2) is 0 Å². The van der Waals surface area contributed by atoms with Crippen LogP contribution in [0.15, 0.2) is 121 Å². The highest BCUT2D eigenvalue weighted by Gasteiger charge is 2.57. The van der Waals surface area contributed by atoms with Gasteiger partial charge in [-0.3, -0.25) is 4.18 Å². The maximum absolute atomic E-state index is 12.7. The van der Waals surface area contributed by atoms with Crippen molar-refractivity contribution in [1.82, 2.24) is 0 Å². The summed E-state index contributed by atoms with van der Waals surface area (Å²) in [6, 6.07) is 42.1. The standard InChI is InChI=1S/C39H50O5SSi2/c1-38(2,3)36(43-46(29-20-12-8-13-21-29)30-22-14-9-15-23-30)33-28-34(42-45(7,40)41)35(33)37(39(4,5)6)44-47(31-24-16-10-17-25-31)32-26-18-11-19-27-32/h8-27,33-37,46-47H,28H2,1-7H3/t33-,34-,35+,36?,37-/m0/s1. The largest absolute Gasteiger partial charge is 0.407 e. The zero-order valence-corrected chi connectivity index (χ0v) is 31.9. The van der Waals surface area contributed by atoms with Crippen LogP contribution < -0.4 is 20.7 Å². The lowest BCUT2D eigenvalue weighted by Gasteiger charge is -2.56. The topological polar surface area (TPSA) is 61.8 Å². The lowest BCUT2D eigenvalue weighted by molar-refractivity contribution is -0.154. The summed E-state index contributed by atoms with van der Waals surface area (Å²) >= 11 is 0. The van der Waals surface area contributed by atoms with Crippen molar-refractivity contribution >= 4 is 48.9 Å². The molecule has 0 spiro atoms. The molecule has 1 unspecified atom stereocenters. The quantitative estimate of drug-likeness (QED) is 0.157. The average Bonchev–Trinajstić information content (AvgIpc) is 3.02. The average molecular weight is 687 g/mol. The van der Waals surface area contributed by atoms with Crippen molar-refractivity contribution in [3.8, 4) is 0 Å². The van der Waals surface area contributed by atoms with E-state index in [1.54, 1.807) is 0 Å². The maximum Gasteiger partial charge on any atom is 0.264 e. The van der Waals surface area contributed by atoms with Crippen molar-refractivity contribution in [2.45, 2.75) is 66.3 Å². The molecule has 0 saturated heterocycles. The van der Waals surface area contributed by atoms with Gasteiger partial charge in [0.15, 0.2) is 0 Å². The molecule has 0 heterocycles. The van der Waals surface area contributed by atoms with E-state index in [0.29, 0.717) is 6.42 Å². The molecule has 250 valence electrons. The molecule has 5 atom stereocenters. The normalized spacial score (nSPS) is 20.1. The van der Waals surface area contributed by atoms with Gasteiger partial charge in [-0.15, -0.1) is 0 Å². The SMILES string of the molecule is CC(C)(C)C(O[SiH](c1ccccc1)c1ccccc1)[C@H]1C[C@H](OS(C)(=O)=O)[C@@H]1[C@H](O[SiH](c1ccccc1)c1ccccc1)C(C)(C)C. The fraction of sp³-hybridized carbons (Fsp3) is 0.385. The monoisotopic (exact) mass is 686 g/mol. The zero-order chi connectivity index (χ0) is 33.8. The third-order valence-electron chi connectivity index (χ3n) is 9.15. The first-order chi connectivity index (χ1) is 22.2. The second-order valence-electron chi connectivity index (χ2n) is 15.1. The van der Waals surface area contributed by atoms with Crippen molar-refractivity contribution in [3.05, 3.63) is 121 Å². The van der Waals surface area contributed by atoms with Crippen LogP contribution in [0.5, 0.6) is 0 Å². The van der Waals surface area contributed by atoms with E-state index in [1.807, 2.05) is 24.3 Å². The molecule has 5 rings (SSSR count). The van der Waals surface area contributed by atoms with Crippen LogP contribution in [-0.4, -0.2) is 51.1 Å². The van der Waals surface area contributed by atoms with Crippen molar-refractivity contribution in [2.75, 3.05) is 6.26 Å². The molecule has 4 aromatic carbocycles. The van der Waals surface area contributed by atoms with Crippen LogP contribution >= 0.6 is 0 Å². The highest BCUT2D eigenvalue weighted by molar-refractivity contribution is 7.86. The summed E-state index contributed by atoms with van der Waals surface area (Å²) < 4.78 is 46.1. The molecule has 0 radical (unpaired) electrons. The van der Waals surface area contributed by atoms with Crippen LogP contribution in [0.25, 0.3) is 0 Å². The first-order valence-corrected chi connectivity index (χ1v) is 21.7. The summed E-state index contributed by atoms with van der Waals surface area (Å²) in [6.45, 7) is 13.3.